The number of hydrogen-bond acceptors (Lipinski definition) is 3. The normalized spacial score (nSPS) is 30.2. The van der Waals surface area contributed by atoms with Gasteiger partial charge in [-0.1, -0.05) is 13.8 Å². The number of rotatable bonds is 6. The fourth-order valence-corrected chi connectivity index (χ4v) is 3.61. The van der Waals surface area contributed by atoms with Gasteiger partial charge in [0.25, 0.3) is 0 Å². The number of amides is 1. The molecule has 6 heteroatoms. The van der Waals surface area contributed by atoms with Crippen molar-refractivity contribution in [1.82, 2.24) is 10.2 Å². The molecule has 1 heterocycles. The Morgan fingerprint density at radius 2 is 1.90 bits per heavy atom. The third-order valence-corrected chi connectivity index (χ3v) is 5.66. The van der Waals surface area contributed by atoms with Crippen molar-refractivity contribution in [2.24, 2.45) is 11.3 Å². The van der Waals surface area contributed by atoms with Gasteiger partial charge >= 0.3 is 0 Å². The van der Waals surface area contributed by atoms with Gasteiger partial charge in [0.15, 0.2) is 0 Å². The maximum Gasteiger partial charge on any atom is 0.229 e. The van der Waals surface area contributed by atoms with E-state index in [4.69, 9.17) is 27.9 Å². The van der Waals surface area contributed by atoms with Crippen LogP contribution in [0, 0.1) is 11.3 Å². The Kier molecular flexibility index (Phi) is 5.45. The monoisotopic (exact) mass is 336 g/mol. The quantitative estimate of drug-likeness (QED) is 0.757. The maximum absolute atomic E-state index is 12.3. The fourth-order valence-electron chi connectivity index (χ4n) is 2.90. The summed E-state index contributed by atoms with van der Waals surface area (Å²) in [5, 5.41) is 3.05. The smallest absolute Gasteiger partial charge is 0.229 e. The lowest BCUT2D eigenvalue weighted by Gasteiger charge is -2.35. The number of morpholine rings is 1. The SMILES string of the molecule is CC(C)CC(CNC(=O)C1(C)CC1(Cl)Cl)N1CCOCC1. The molecule has 0 bridgehead atoms. The van der Waals surface area contributed by atoms with Gasteiger partial charge in [0.1, 0.15) is 4.33 Å². The maximum atomic E-state index is 12.3. The Labute approximate surface area is 137 Å². The van der Waals surface area contributed by atoms with Crippen molar-refractivity contribution >= 4 is 29.1 Å². The fraction of sp³-hybridized carbons (Fsp3) is 0.933. The topological polar surface area (TPSA) is 41.6 Å². The van der Waals surface area contributed by atoms with E-state index < -0.39 is 9.75 Å². The lowest BCUT2D eigenvalue weighted by Crippen LogP contribution is -2.50. The van der Waals surface area contributed by atoms with Crippen LogP contribution in [0.5, 0.6) is 0 Å². The lowest BCUT2D eigenvalue weighted by molar-refractivity contribution is -0.126. The molecule has 0 radical (unpaired) electrons. The highest BCUT2D eigenvalue weighted by Gasteiger charge is 2.67. The highest BCUT2D eigenvalue weighted by atomic mass is 35.5. The zero-order chi connectivity index (χ0) is 15.7. The molecule has 0 aromatic rings. The van der Waals surface area contributed by atoms with Crippen LogP contribution in [-0.2, 0) is 9.53 Å². The van der Waals surface area contributed by atoms with Gasteiger partial charge in [-0.15, -0.1) is 23.2 Å². The molecule has 0 aromatic carbocycles. The number of ether oxygens (including phenoxy) is 1. The van der Waals surface area contributed by atoms with Crippen molar-refractivity contribution in [3.8, 4) is 0 Å². The molecule has 2 unspecified atom stereocenters. The molecule has 1 aliphatic carbocycles. The molecule has 4 nitrogen and oxygen atoms in total. The highest BCUT2D eigenvalue weighted by molar-refractivity contribution is 6.53. The minimum atomic E-state index is -0.899. The van der Waals surface area contributed by atoms with E-state index in [9.17, 15) is 4.79 Å². The van der Waals surface area contributed by atoms with Gasteiger partial charge in [0, 0.05) is 25.7 Å². The second kappa shape index (κ2) is 6.61. The molecule has 1 N–H and O–H groups in total. The molecule has 122 valence electrons. The molecule has 21 heavy (non-hydrogen) atoms. The molecule has 2 atom stereocenters. The van der Waals surface area contributed by atoms with Crippen LogP contribution in [0.2, 0.25) is 0 Å². The Bertz CT molecular complexity index is 384. The van der Waals surface area contributed by atoms with Crippen molar-refractivity contribution < 1.29 is 9.53 Å². The summed E-state index contributed by atoms with van der Waals surface area (Å²) in [4.78, 5) is 14.7. The molecule has 1 amide bonds. The number of alkyl halides is 2. The average Bonchev–Trinajstić information content (AvgIpc) is 2.95. The Balaban J connectivity index is 1.88. The van der Waals surface area contributed by atoms with Crippen LogP contribution in [-0.4, -0.2) is 54.0 Å². The van der Waals surface area contributed by atoms with Crippen LogP contribution in [0.25, 0.3) is 0 Å². The van der Waals surface area contributed by atoms with Crippen molar-refractivity contribution in [1.29, 1.82) is 0 Å². The number of carbonyl (C=O) groups excluding carboxylic acids is 1. The minimum Gasteiger partial charge on any atom is -0.379 e. The zero-order valence-corrected chi connectivity index (χ0v) is 14.6. The summed E-state index contributed by atoms with van der Waals surface area (Å²) < 4.78 is 4.51. The van der Waals surface area contributed by atoms with Crippen LogP contribution in [0.3, 0.4) is 0 Å². The van der Waals surface area contributed by atoms with E-state index in [2.05, 4.69) is 24.1 Å². The van der Waals surface area contributed by atoms with Gasteiger partial charge in [0.05, 0.1) is 18.6 Å². The summed E-state index contributed by atoms with van der Waals surface area (Å²) in [6, 6.07) is 0.347. The summed E-state index contributed by atoms with van der Waals surface area (Å²) in [6.07, 6.45) is 1.59. The molecular weight excluding hydrogens is 311 g/mol. The van der Waals surface area contributed by atoms with Gasteiger partial charge in [-0.05, 0) is 25.7 Å². The second-order valence-electron chi connectivity index (χ2n) is 6.86. The molecular formula is C15H26Cl2N2O2. The third-order valence-electron chi connectivity index (χ3n) is 4.56. The molecule has 1 saturated heterocycles. The number of hydrogen-bond donors (Lipinski definition) is 1. The van der Waals surface area contributed by atoms with Crippen molar-refractivity contribution in [3.63, 3.8) is 0 Å². The number of nitrogens with one attached hydrogen (secondary N) is 1. The molecule has 2 fully saturated rings. The van der Waals surface area contributed by atoms with Crippen LogP contribution < -0.4 is 5.32 Å². The summed E-state index contributed by atoms with van der Waals surface area (Å²) in [5.74, 6) is 0.556. The van der Waals surface area contributed by atoms with E-state index in [1.54, 1.807) is 0 Å². The number of carbonyl (C=O) groups is 1. The summed E-state index contributed by atoms with van der Waals surface area (Å²) >= 11 is 12.1. The van der Waals surface area contributed by atoms with Gasteiger partial charge in [-0.2, -0.15) is 0 Å². The van der Waals surface area contributed by atoms with Crippen molar-refractivity contribution in [3.05, 3.63) is 0 Å². The minimum absolute atomic E-state index is 0.0329. The summed E-state index contributed by atoms with van der Waals surface area (Å²) in [5.41, 5.74) is -0.635. The van der Waals surface area contributed by atoms with Crippen molar-refractivity contribution in [2.45, 2.75) is 44.0 Å². The molecule has 0 spiro atoms. The first kappa shape index (κ1) is 17.3. The van der Waals surface area contributed by atoms with Crippen LogP contribution in [0.1, 0.15) is 33.6 Å². The predicted octanol–water partition coefficient (Wildman–Crippen LogP) is 2.43. The molecule has 2 rings (SSSR count). The van der Waals surface area contributed by atoms with Gasteiger partial charge < -0.3 is 10.1 Å². The highest BCUT2D eigenvalue weighted by Crippen LogP contribution is 2.63. The van der Waals surface area contributed by atoms with Gasteiger partial charge in [-0.3, -0.25) is 9.69 Å². The standard InChI is InChI=1S/C15H26Cl2N2O2/c1-11(2)8-12(19-4-6-21-7-5-19)9-18-13(20)14(3)10-15(14,16)17/h11-12H,4-10H2,1-3H3,(H,18,20). The Hall–Kier alpha value is -0.0300. The molecule has 0 aromatic heterocycles. The van der Waals surface area contributed by atoms with Crippen molar-refractivity contribution in [2.75, 3.05) is 32.8 Å². The van der Waals surface area contributed by atoms with E-state index in [0.717, 1.165) is 32.7 Å². The molecule has 2 aliphatic rings. The average molecular weight is 337 g/mol. The Morgan fingerprint density at radius 1 is 1.33 bits per heavy atom. The largest absolute Gasteiger partial charge is 0.379 e. The van der Waals surface area contributed by atoms with Crippen LogP contribution >= 0.6 is 23.2 Å². The van der Waals surface area contributed by atoms with E-state index in [1.165, 1.54) is 0 Å². The van der Waals surface area contributed by atoms with Crippen LogP contribution in [0.15, 0.2) is 0 Å². The molecule has 1 aliphatic heterocycles. The van der Waals surface area contributed by atoms with E-state index in [0.29, 0.717) is 24.9 Å². The number of nitrogens with zero attached hydrogens (tertiary/aromatic N) is 1. The first-order chi connectivity index (χ1) is 9.76. The zero-order valence-electron chi connectivity index (χ0n) is 13.1. The van der Waals surface area contributed by atoms with Gasteiger partial charge in [-0.25, -0.2) is 0 Å². The molecule has 1 saturated carbocycles. The lowest BCUT2D eigenvalue weighted by atomic mass is 10.0. The number of halogens is 2. The summed E-state index contributed by atoms with van der Waals surface area (Å²) in [7, 11) is 0. The van der Waals surface area contributed by atoms with E-state index in [-0.39, 0.29) is 5.91 Å². The predicted molar refractivity (Wildman–Crippen MR) is 85.8 cm³/mol. The first-order valence-corrected chi connectivity index (χ1v) is 8.50. The second-order valence-corrected chi connectivity index (χ2v) is 8.34. The summed E-state index contributed by atoms with van der Waals surface area (Å²) in [6.45, 7) is 10.3. The first-order valence-electron chi connectivity index (χ1n) is 7.74. The third kappa shape index (κ3) is 4.04. The van der Waals surface area contributed by atoms with Gasteiger partial charge in [0.2, 0.25) is 5.91 Å². The van der Waals surface area contributed by atoms with E-state index in [1.807, 2.05) is 6.92 Å². The van der Waals surface area contributed by atoms with Crippen LogP contribution in [0.4, 0.5) is 0 Å². The van der Waals surface area contributed by atoms with E-state index >= 15 is 0 Å². The Morgan fingerprint density at radius 3 is 2.38 bits per heavy atom.